The molecular weight excluding hydrogens is 373 g/mol. The van der Waals surface area contributed by atoms with Crippen molar-refractivity contribution >= 4 is 36.4 Å². The number of hydrogen-bond acceptors (Lipinski definition) is 4. The molecule has 1 atom stereocenters. The minimum Gasteiger partial charge on any atom is -0.376 e. The summed E-state index contributed by atoms with van der Waals surface area (Å²) < 4.78 is 1.98. The largest absolute Gasteiger partial charge is 0.376 e. The zero-order valence-corrected chi connectivity index (χ0v) is 17.0. The van der Waals surface area contributed by atoms with Crippen molar-refractivity contribution in [3.8, 4) is 0 Å². The van der Waals surface area contributed by atoms with Crippen LogP contribution in [0.5, 0.6) is 0 Å². The van der Waals surface area contributed by atoms with Crippen molar-refractivity contribution < 1.29 is 4.79 Å². The van der Waals surface area contributed by atoms with Crippen molar-refractivity contribution in [3.05, 3.63) is 47.5 Å². The first kappa shape index (κ1) is 22.3. The lowest BCUT2D eigenvalue weighted by Gasteiger charge is -2.36. The number of aryl methyl sites for hydroxylation is 3. The normalized spacial score (nSPS) is 16.4. The number of hydrogen-bond donors (Lipinski definition) is 2. The van der Waals surface area contributed by atoms with E-state index in [0.717, 1.165) is 35.7 Å². The van der Waals surface area contributed by atoms with Gasteiger partial charge in [-0.2, -0.15) is 0 Å². The maximum Gasteiger partial charge on any atom is 0.242 e. The number of benzene rings is 1. The van der Waals surface area contributed by atoms with Gasteiger partial charge in [-0.3, -0.25) is 4.79 Å². The number of rotatable bonds is 4. The third-order valence-corrected chi connectivity index (χ3v) is 4.62. The van der Waals surface area contributed by atoms with Crippen LogP contribution in [0.4, 0.5) is 5.69 Å². The van der Waals surface area contributed by atoms with Crippen molar-refractivity contribution in [3.63, 3.8) is 0 Å². The van der Waals surface area contributed by atoms with E-state index in [9.17, 15) is 4.79 Å². The third-order valence-electron chi connectivity index (χ3n) is 4.62. The zero-order valence-electron chi connectivity index (χ0n) is 15.4. The summed E-state index contributed by atoms with van der Waals surface area (Å²) in [6.45, 7) is 6.66. The number of nitrogens with one attached hydrogen (secondary N) is 2. The first-order chi connectivity index (χ1) is 11.6. The fraction of sp³-hybridized carbons (Fsp3) is 0.444. The molecular formula is C18H27Cl2N5O. The van der Waals surface area contributed by atoms with Crippen LogP contribution in [-0.2, 0) is 11.8 Å². The molecule has 1 saturated heterocycles. The van der Waals surface area contributed by atoms with Crippen LogP contribution in [0.2, 0.25) is 0 Å². The second-order valence-corrected chi connectivity index (χ2v) is 6.32. The Balaban J connectivity index is 0.00000169. The van der Waals surface area contributed by atoms with Gasteiger partial charge < -0.3 is 20.1 Å². The molecule has 1 amide bonds. The van der Waals surface area contributed by atoms with E-state index in [1.807, 2.05) is 28.8 Å². The van der Waals surface area contributed by atoms with Gasteiger partial charge in [-0.1, -0.05) is 18.2 Å². The van der Waals surface area contributed by atoms with Gasteiger partial charge in [-0.05, 0) is 25.0 Å². The Morgan fingerprint density at radius 3 is 2.62 bits per heavy atom. The smallest absolute Gasteiger partial charge is 0.242 e. The number of anilines is 1. The minimum absolute atomic E-state index is 0. The number of halogens is 2. The first-order valence-corrected chi connectivity index (χ1v) is 8.35. The predicted octanol–water partition coefficient (Wildman–Crippen LogP) is 2.47. The Kier molecular flexibility index (Phi) is 8.40. The number of carbonyl (C=O) groups excluding carboxylic acids is 1. The number of piperazine rings is 1. The average molecular weight is 400 g/mol. The molecule has 1 aromatic heterocycles. The van der Waals surface area contributed by atoms with Crippen LogP contribution in [0.25, 0.3) is 0 Å². The number of imidazole rings is 1. The van der Waals surface area contributed by atoms with Gasteiger partial charge in [0.1, 0.15) is 11.9 Å². The summed E-state index contributed by atoms with van der Waals surface area (Å²) in [6, 6.07) is 6.12. The van der Waals surface area contributed by atoms with Crippen LogP contribution in [0, 0.1) is 13.8 Å². The predicted molar refractivity (Wildman–Crippen MR) is 109 cm³/mol. The molecule has 2 aromatic rings. The lowest BCUT2D eigenvalue weighted by atomic mass is 10.1. The molecule has 0 aliphatic carbocycles. The summed E-state index contributed by atoms with van der Waals surface area (Å²) >= 11 is 0. The van der Waals surface area contributed by atoms with Crippen molar-refractivity contribution in [2.24, 2.45) is 7.05 Å². The van der Waals surface area contributed by atoms with Crippen LogP contribution in [0.3, 0.4) is 0 Å². The van der Waals surface area contributed by atoms with Gasteiger partial charge in [0.25, 0.3) is 0 Å². The molecule has 0 saturated carbocycles. The van der Waals surface area contributed by atoms with Crippen LogP contribution < -0.4 is 10.6 Å². The fourth-order valence-electron chi connectivity index (χ4n) is 3.29. The van der Waals surface area contributed by atoms with Crippen LogP contribution in [0.1, 0.15) is 23.0 Å². The summed E-state index contributed by atoms with van der Waals surface area (Å²) in [5, 5.41) is 6.68. The van der Waals surface area contributed by atoms with Crippen LogP contribution >= 0.6 is 24.8 Å². The second kappa shape index (κ2) is 9.80. The van der Waals surface area contributed by atoms with E-state index < -0.39 is 0 Å². The Bertz CT molecular complexity index is 714. The topological polar surface area (TPSA) is 62.2 Å². The number of amides is 1. The summed E-state index contributed by atoms with van der Waals surface area (Å²) in [5.41, 5.74) is 3.36. The number of aromatic nitrogens is 2. The van der Waals surface area contributed by atoms with E-state index in [4.69, 9.17) is 0 Å². The molecule has 0 radical (unpaired) electrons. The number of carbonyl (C=O) groups is 1. The Morgan fingerprint density at radius 1 is 1.31 bits per heavy atom. The second-order valence-electron chi connectivity index (χ2n) is 6.32. The Hall–Kier alpha value is -1.76. The molecule has 3 rings (SSSR count). The molecule has 1 fully saturated rings. The van der Waals surface area contributed by atoms with Gasteiger partial charge in [0, 0.05) is 44.8 Å². The quantitative estimate of drug-likeness (QED) is 0.828. The molecule has 1 aromatic carbocycles. The minimum atomic E-state index is -0.0222. The van der Waals surface area contributed by atoms with Gasteiger partial charge >= 0.3 is 0 Å². The van der Waals surface area contributed by atoms with E-state index >= 15 is 0 Å². The molecule has 8 heteroatoms. The molecule has 0 bridgehead atoms. The highest BCUT2D eigenvalue weighted by molar-refractivity contribution is 5.85. The van der Waals surface area contributed by atoms with E-state index in [1.165, 1.54) is 0 Å². The lowest BCUT2D eigenvalue weighted by Crippen LogP contribution is -2.51. The molecule has 2 heterocycles. The number of para-hydroxylation sites is 1. The average Bonchev–Trinajstić information content (AvgIpc) is 3.00. The van der Waals surface area contributed by atoms with E-state index in [1.54, 1.807) is 6.20 Å². The molecule has 2 N–H and O–H groups in total. The van der Waals surface area contributed by atoms with Crippen molar-refractivity contribution in [2.75, 3.05) is 31.5 Å². The van der Waals surface area contributed by atoms with Gasteiger partial charge in [-0.15, -0.1) is 24.8 Å². The van der Waals surface area contributed by atoms with E-state index in [-0.39, 0.29) is 36.8 Å². The maximum absolute atomic E-state index is 12.8. The van der Waals surface area contributed by atoms with Gasteiger partial charge in [0.2, 0.25) is 5.91 Å². The Morgan fingerprint density at radius 2 is 2.00 bits per heavy atom. The third kappa shape index (κ3) is 4.69. The molecule has 1 aliphatic heterocycles. The SMILES string of the molecule is Cc1cccc(C)c1NCC(=O)N1CCNCC1c1nccn1C.Cl.Cl. The van der Waals surface area contributed by atoms with Gasteiger partial charge in [0.05, 0.1) is 6.54 Å². The fourth-order valence-corrected chi connectivity index (χ4v) is 3.29. The highest BCUT2D eigenvalue weighted by atomic mass is 35.5. The summed E-state index contributed by atoms with van der Waals surface area (Å²) in [4.78, 5) is 19.2. The summed E-state index contributed by atoms with van der Waals surface area (Å²) in [6.07, 6.45) is 3.70. The van der Waals surface area contributed by atoms with Gasteiger partial charge in [-0.25, -0.2) is 4.98 Å². The highest BCUT2D eigenvalue weighted by Crippen LogP contribution is 2.22. The van der Waals surface area contributed by atoms with Crippen LogP contribution in [-0.4, -0.2) is 46.5 Å². The van der Waals surface area contributed by atoms with Gasteiger partial charge in [0.15, 0.2) is 0 Å². The number of nitrogens with zero attached hydrogens (tertiary/aromatic N) is 3. The summed E-state index contributed by atoms with van der Waals surface area (Å²) in [5.74, 6) is 1.02. The molecule has 0 spiro atoms. The zero-order chi connectivity index (χ0) is 17.1. The molecule has 1 unspecified atom stereocenters. The van der Waals surface area contributed by atoms with E-state index in [0.29, 0.717) is 13.1 Å². The lowest BCUT2D eigenvalue weighted by molar-refractivity contribution is -0.132. The van der Waals surface area contributed by atoms with Crippen molar-refractivity contribution in [2.45, 2.75) is 19.9 Å². The first-order valence-electron chi connectivity index (χ1n) is 8.35. The molecule has 26 heavy (non-hydrogen) atoms. The van der Waals surface area contributed by atoms with E-state index in [2.05, 4.69) is 41.6 Å². The molecule has 144 valence electrons. The molecule has 6 nitrogen and oxygen atoms in total. The van der Waals surface area contributed by atoms with Crippen LogP contribution in [0.15, 0.2) is 30.6 Å². The van der Waals surface area contributed by atoms with Crippen molar-refractivity contribution in [1.29, 1.82) is 0 Å². The molecule has 1 aliphatic rings. The van der Waals surface area contributed by atoms with Crippen molar-refractivity contribution in [1.82, 2.24) is 19.8 Å². The summed E-state index contributed by atoms with van der Waals surface area (Å²) in [7, 11) is 1.97. The highest BCUT2D eigenvalue weighted by Gasteiger charge is 2.30. The maximum atomic E-state index is 12.8. The monoisotopic (exact) mass is 399 g/mol. The Labute approximate surface area is 167 Å². The standard InChI is InChI=1S/C18H25N5O.2ClH/c1-13-5-4-6-14(2)17(13)21-12-16(24)23-10-7-19-11-15(23)18-20-8-9-22(18)3;;/h4-6,8-9,15,19,21H,7,10-12H2,1-3H3;2*1H.